The molecule has 3 saturated heterocycles. The van der Waals surface area contributed by atoms with Gasteiger partial charge in [0.1, 0.15) is 5.75 Å². The number of para-hydroxylation sites is 1. The third kappa shape index (κ3) is 2.97. The lowest BCUT2D eigenvalue weighted by atomic mass is 9.95. The van der Waals surface area contributed by atoms with Gasteiger partial charge in [-0.1, -0.05) is 18.2 Å². The minimum atomic E-state index is -0.549. The molecule has 1 aromatic carbocycles. The number of amides is 3. The van der Waals surface area contributed by atoms with Crippen LogP contribution >= 0.6 is 0 Å². The molecule has 0 radical (unpaired) electrons. The Kier molecular flexibility index (Phi) is 4.42. The van der Waals surface area contributed by atoms with Crippen LogP contribution in [0.15, 0.2) is 30.3 Å². The monoisotopic (exact) mass is 356 g/mol. The van der Waals surface area contributed by atoms with E-state index in [1.807, 2.05) is 35.2 Å². The number of nitrogens with zero attached hydrogens (tertiary/aromatic N) is 2. The van der Waals surface area contributed by atoms with Crippen LogP contribution in [0, 0.1) is 0 Å². The molecule has 3 aliphatic heterocycles. The lowest BCUT2D eigenvalue weighted by Gasteiger charge is -2.42. The maximum atomic E-state index is 13.0. The van der Waals surface area contributed by atoms with Crippen molar-refractivity contribution in [1.29, 1.82) is 0 Å². The maximum absolute atomic E-state index is 13.0. The minimum absolute atomic E-state index is 0.00104. The highest BCUT2D eigenvalue weighted by molar-refractivity contribution is 6.02. The molecule has 3 aliphatic rings. The van der Waals surface area contributed by atoms with Gasteiger partial charge in [0, 0.05) is 31.0 Å². The molecule has 4 rings (SSSR count). The van der Waals surface area contributed by atoms with E-state index in [2.05, 4.69) is 0 Å². The molecule has 6 heteroatoms. The zero-order valence-corrected chi connectivity index (χ0v) is 15.0. The van der Waals surface area contributed by atoms with E-state index in [9.17, 15) is 14.4 Å². The Hall–Kier alpha value is -2.37. The summed E-state index contributed by atoms with van der Waals surface area (Å²) in [6.07, 6.45) is 3.36. The van der Waals surface area contributed by atoms with Crippen molar-refractivity contribution in [3.8, 4) is 5.75 Å². The summed E-state index contributed by atoms with van der Waals surface area (Å²) in [7, 11) is 0. The first-order valence-corrected chi connectivity index (χ1v) is 9.43. The van der Waals surface area contributed by atoms with E-state index in [1.54, 1.807) is 6.92 Å². The molecule has 3 heterocycles. The molecular weight excluding hydrogens is 332 g/mol. The van der Waals surface area contributed by atoms with Crippen LogP contribution in [0.2, 0.25) is 0 Å². The second-order valence-electron chi connectivity index (χ2n) is 7.49. The van der Waals surface area contributed by atoms with Crippen LogP contribution in [0.4, 0.5) is 0 Å². The normalized spacial score (nSPS) is 29.2. The van der Waals surface area contributed by atoms with Crippen molar-refractivity contribution in [2.45, 2.75) is 69.7 Å². The number of ether oxygens (including phenoxy) is 1. The van der Waals surface area contributed by atoms with Crippen LogP contribution in [0.5, 0.6) is 5.75 Å². The number of hydrogen-bond acceptors (Lipinski definition) is 4. The van der Waals surface area contributed by atoms with Gasteiger partial charge in [-0.05, 0) is 44.7 Å². The largest absolute Gasteiger partial charge is 0.481 e. The highest BCUT2D eigenvalue weighted by Crippen LogP contribution is 2.39. The fraction of sp³-hybridized carbons (Fsp3) is 0.550. The molecule has 3 unspecified atom stereocenters. The molecule has 0 spiro atoms. The fourth-order valence-corrected chi connectivity index (χ4v) is 4.68. The third-order valence-electron chi connectivity index (χ3n) is 5.82. The van der Waals surface area contributed by atoms with Crippen molar-refractivity contribution in [3.05, 3.63) is 30.3 Å². The van der Waals surface area contributed by atoms with Crippen LogP contribution in [0.25, 0.3) is 0 Å². The van der Waals surface area contributed by atoms with Crippen LogP contribution in [-0.4, -0.2) is 51.8 Å². The topological polar surface area (TPSA) is 66.9 Å². The van der Waals surface area contributed by atoms with Crippen LogP contribution in [-0.2, 0) is 14.4 Å². The van der Waals surface area contributed by atoms with Gasteiger partial charge in [0.25, 0.3) is 5.91 Å². The molecule has 1 aromatic rings. The van der Waals surface area contributed by atoms with Crippen molar-refractivity contribution in [1.82, 2.24) is 9.80 Å². The number of piperidine rings is 1. The number of carbonyl (C=O) groups is 3. The molecule has 3 amide bonds. The zero-order valence-electron chi connectivity index (χ0n) is 15.0. The average molecular weight is 356 g/mol. The Morgan fingerprint density at radius 3 is 2.15 bits per heavy atom. The Labute approximate surface area is 153 Å². The minimum Gasteiger partial charge on any atom is -0.481 e. The first-order valence-electron chi connectivity index (χ1n) is 9.43. The van der Waals surface area contributed by atoms with Gasteiger partial charge < -0.3 is 9.64 Å². The van der Waals surface area contributed by atoms with Gasteiger partial charge in [0.05, 0.1) is 0 Å². The van der Waals surface area contributed by atoms with Gasteiger partial charge >= 0.3 is 0 Å². The lowest BCUT2D eigenvalue weighted by Crippen LogP contribution is -2.55. The number of hydrogen-bond donors (Lipinski definition) is 0. The van der Waals surface area contributed by atoms with Crippen molar-refractivity contribution in [2.75, 3.05) is 0 Å². The SMILES string of the molecule is CC(Oc1ccccc1)C(=O)N1C2CCC1CC(N1C(=O)CCC1=O)C2. The summed E-state index contributed by atoms with van der Waals surface area (Å²) in [5.74, 6) is 0.572. The summed E-state index contributed by atoms with van der Waals surface area (Å²) >= 11 is 0. The van der Waals surface area contributed by atoms with Gasteiger partial charge in [-0.25, -0.2) is 0 Å². The summed E-state index contributed by atoms with van der Waals surface area (Å²) in [5.41, 5.74) is 0. The van der Waals surface area contributed by atoms with Crippen LogP contribution in [0.1, 0.15) is 45.4 Å². The smallest absolute Gasteiger partial charge is 0.263 e. The quantitative estimate of drug-likeness (QED) is 0.775. The summed E-state index contributed by atoms with van der Waals surface area (Å²) < 4.78 is 5.80. The standard InChI is InChI=1S/C20H24N2O4/c1-13(26-17-5-3-2-4-6-17)20(25)21-14-7-8-15(21)12-16(11-14)22-18(23)9-10-19(22)24/h2-6,13-16H,7-12H2,1H3. The number of fused-ring (bicyclic) bond motifs is 2. The number of likely N-dealkylation sites (tertiary alicyclic amines) is 1. The molecule has 0 aromatic heterocycles. The molecule has 0 saturated carbocycles. The summed E-state index contributed by atoms with van der Waals surface area (Å²) in [6, 6.07) is 9.49. The highest BCUT2D eigenvalue weighted by atomic mass is 16.5. The predicted molar refractivity (Wildman–Crippen MR) is 94.3 cm³/mol. The molecule has 3 fully saturated rings. The van der Waals surface area contributed by atoms with E-state index < -0.39 is 6.10 Å². The maximum Gasteiger partial charge on any atom is 0.263 e. The van der Waals surface area contributed by atoms with Gasteiger partial charge in [-0.3, -0.25) is 19.3 Å². The lowest BCUT2D eigenvalue weighted by molar-refractivity contribution is -0.147. The molecule has 6 nitrogen and oxygen atoms in total. The van der Waals surface area contributed by atoms with Gasteiger partial charge in [-0.2, -0.15) is 0 Å². The number of rotatable bonds is 4. The average Bonchev–Trinajstić information content (AvgIpc) is 3.10. The van der Waals surface area contributed by atoms with Crippen molar-refractivity contribution in [3.63, 3.8) is 0 Å². The second-order valence-corrected chi connectivity index (χ2v) is 7.49. The Bertz CT molecular complexity index is 690. The van der Waals surface area contributed by atoms with Gasteiger partial charge in [0.15, 0.2) is 6.10 Å². The Morgan fingerprint density at radius 2 is 1.58 bits per heavy atom. The Morgan fingerprint density at radius 1 is 1.00 bits per heavy atom. The molecule has 138 valence electrons. The molecular formula is C20H24N2O4. The van der Waals surface area contributed by atoms with E-state index in [0.29, 0.717) is 31.4 Å². The second kappa shape index (κ2) is 6.74. The van der Waals surface area contributed by atoms with Gasteiger partial charge in [-0.15, -0.1) is 0 Å². The summed E-state index contributed by atoms with van der Waals surface area (Å²) in [5, 5.41) is 0. The molecule has 0 aliphatic carbocycles. The van der Waals surface area contributed by atoms with E-state index in [4.69, 9.17) is 4.74 Å². The molecule has 2 bridgehead atoms. The number of benzene rings is 1. The molecule has 0 N–H and O–H groups in total. The Balaban J connectivity index is 1.44. The van der Waals surface area contributed by atoms with Crippen molar-refractivity contribution < 1.29 is 19.1 Å². The van der Waals surface area contributed by atoms with Crippen molar-refractivity contribution >= 4 is 17.7 Å². The molecule has 26 heavy (non-hydrogen) atoms. The van der Waals surface area contributed by atoms with E-state index >= 15 is 0 Å². The van der Waals surface area contributed by atoms with E-state index in [-0.39, 0.29) is 35.8 Å². The van der Waals surface area contributed by atoms with E-state index in [1.165, 1.54) is 4.90 Å². The number of carbonyl (C=O) groups excluding carboxylic acids is 3. The van der Waals surface area contributed by atoms with E-state index in [0.717, 1.165) is 12.8 Å². The highest BCUT2D eigenvalue weighted by Gasteiger charge is 2.48. The fourth-order valence-electron chi connectivity index (χ4n) is 4.68. The number of imide groups is 1. The first-order chi connectivity index (χ1) is 12.5. The third-order valence-corrected chi connectivity index (χ3v) is 5.82. The van der Waals surface area contributed by atoms with Crippen LogP contribution in [0.3, 0.4) is 0 Å². The van der Waals surface area contributed by atoms with Crippen LogP contribution < -0.4 is 4.74 Å². The summed E-state index contributed by atoms with van der Waals surface area (Å²) in [4.78, 5) is 40.5. The zero-order chi connectivity index (χ0) is 18.3. The van der Waals surface area contributed by atoms with Gasteiger partial charge in [0.2, 0.25) is 11.8 Å². The predicted octanol–water partition coefficient (Wildman–Crippen LogP) is 2.12. The first kappa shape index (κ1) is 17.1. The summed E-state index contributed by atoms with van der Waals surface area (Å²) in [6.45, 7) is 1.79. The van der Waals surface area contributed by atoms with Crippen molar-refractivity contribution in [2.24, 2.45) is 0 Å². The molecule has 3 atom stereocenters.